The number of halogens is 1. The van der Waals surface area contributed by atoms with E-state index in [4.69, 9.17) is 11.6 Å². The van der Waals surface area contributed by atoms with E-state index in [0.717, 1.165) is 0 Å². The van der Waals surface area contributed by atoms with Gasteiger partial charge in [-0.2, -0.15) is 0 Å². The number of ether oxygens (including phenoxy) is 2. The molecule has 8 heteroatoms. The van der Waals surface area contributed by atoms with Crippen molar-refractivity contribution in [3.63, 3.8) is 0 Å². The van der Waals surface area contributed by atoms with Gasteiger partial charge in [-0.1, -0.05) is 11.6 Å². The van der Waals surface area contributed by atoms with E-state index in [2.05, 4.69) is 14.5 Å². The van der Waals surface area contributed by atoms with E-state index in [-0.39, 0.29) is 22.9 Å². The summed E-state index contributed by atoms with van der Waals surface area (Å²) in [6, 6.07) is 1.25. The number of rotatable bonds is 6. The van der Waals surface area contributed by atoms with Crippen molar-refractivity contribution in [3.8, 4) is 0 Å². The van der Waals surface area contributed by atoms with Crippen LogP contribution in [0.25, 0.3) is 0 Å². The summed E-state index contributed by atoms with van der Waals surface area (Å²) in [5.74, 6) is -1.32. The normalized spacial score (nSPS) is 13.4. The highest BCUT2D eigenvalue weighted by molar-refractivity contribution is 6.30. The van der Waals surface area contributed by atoms with Crippen molar-refractivity contribution in [2.75, 3.05) is 13.7 Å². The summed E-state index contributed by atoms with van der Waals surface area (Å²) in [5, 5.41) is 19.8. The molecular formula is C13H16ClNO6. The number of aromatic nitrogens is 1. The molecule has 1 rings (SSSR count). The van der Waals surface area contributed by atoms with Gasteiger partial charge in [-0.05, 0) is 13.0 Å². The standard InChI is InChI=1S/C13H16ClNO6/c1-3-21-10(17)5-9(16)11(18)8-4-7(13(19)20-2)6-15-12(8)14/h4,6,9,11,16,18H,3,5H2,1-2H3. The monoisotopic (exact) mass is 317 g/mol. The lowest BCUT2D eigenvalue weighted by Gasteiger charge is -2.18. The fraction of sp³-hybridized carbons (Fsp3) is 0.462. The minimum absolute atomic E-state index is 0.0244. The van der Waals surface area contributed by atoms with Crippen LogP contribution in [0.1, 0.15) is 35.4 Å². The van der Waals surface area contributed by atoms with Crippen molar-refractivity contribution >= 4 is 23.5 Å². The number of aliphatic hydroxyl groups is 2. The maximum absolute atomic E-state index is 11.4. The van der Waals surface area contributed by atoms with Gasteiger partial charge in [0.2, 0.25) is 0 Å². The third-order valence-electron chi connectivity index (χ3n) is 2.65. The van der Waals surface area contributed by atoms with Gasteiger partial charge >= 0.3 is 11.9 Å². The molecule has 0 spiro atoms. The lowest BCUT2D eigenvalue weighted by molar-refractivity contribution is -0.147. The van der Waals surface area contributed by atoms with Crippen LogP contribution in [0.2, 0.25) is 5.15 Å². The van der Waals surface area contributed by atoms with Gasteiger partial charge in [0.05, 0.1) is 31.8 Å². The first-order valence-corrected chi connectivity index (χ1v) is 6.54. The van der Waals surface area contributed by atoms with Gasteiger partial charge in [0.15, 0.2) is 0 Å². The van der Waals surface area contributed by atoms with E-state index in [1.54, 1.807) is 6.92 Å². The molecule has 0 aliphatic carbocycles. The predicted octanol–water partition coefficient (Wildman–Crippen LogP) is 0.869. The van der Waals surface area contributed by atoms with Crippen LogP contribution in [0.15, 0.2) is 12.3 Å². The number of aliphatic hydroxyl groups excluding tert-OH is 2. The average molecular weight is 318 g/mol. The highest BCUT2D eigenvalue weighted by atomic mass is 35.5. The van der Waals surface area contributed by atoms with Crippen molar-refractivity contribution < 1.29 is 29.3 Å². The Kier molecular flexibility index (Phi) is 6.54. The molecule has 0 fully saturated rings. The van der Waals surface area contributed by atoms with Crippen molar-refractivity contribution in [1.29, 1.82) is 0 Å². The molecular weight excluding hydrogens is 302 g/mol. The third kappa shape index (κ3) is 4.66. The maximum atomic E-state index is 11.4. The second-order valence-corrected chi connectivity index (χ2v) is 4.47. The van der Waals surface area contributed by atoms with E-state index in [0.29, 0.717) is 0 Å². The molecule has 21 heavy (non-hydrogen) atoms. The predicted molar refractivity (Wildman–Crippen MR) is 72.8 cm³/mol. The zero-order valence-electron chi connectivity index (χ0n) is 11.6. The van der Waals surface area contributed by atoms with Crippen LogP contribution in [-0.2, 0) is 14.3 Å². The molecule has 0 saturated heterocycles. The maximum Gasteiger partial charge on any atom is 0.339 e. The minimum atomic E-state index is -1.49. The smallest absolute Gasteiger partial charge is 0.339 e. The highest BCUT2D eigenvalue weighted by Gasteiger charge is 2.25. The molecule has 0 aromatic carbocycles. The topological polar surface area (TPSA) is 106 Å². The van der Waals surface area contributed by atoms with Crippen LogP contribution in [0.4, 0.5) is 0 Å². The van der Waals surface area contributed by atoms with E-state index in [9.17, 15) is 19.8 Å². The molecule has 0 saturated carbocycles. The number of pyridine rings is 1. The first-order chi connectivity index (χ1) is 9.90. The van der Waals surface area contributed by atoms with Crippen molar-refractivity contribution in [2.45, 2.75) is 25.6 Å². The fourth-order valence-corrected chi connectivity index (χ4v) is 1.83. The SMILES string of the molecule is CCOC(=O)CC(O)C(O)c1cc(C(=O)OC)cnc1Cl. The zero-order chi connectivity index (χ0) is 16.0. The highest BCUT2D eigenvalue weighted by Crippen LogP contribution is 2.26. The molecule has 0 aliphatic heterocycles. The fourth-order valence-electron chi connectivity index (χ4n) is 1.61. The molecule has 0 amide bonds. The average Bonchev–Trinajstić information content (AvgIpc) is 2.46. The minimum Gasteiger partial charge on any atom is -0.466 e. The van der Waals surface area contributed by atoms with Gasteiger partial charge in [-0.15, -0.1) is 0 Å². The van der Waals surface area contributed by atoms with E-state index in [1.807, 2.05) is 0 Å². The van der Waals surface area contributed by atoms with E-state index < -0.39 is 30.6 Å². The Balaban J connectivity index is 2.92. The molecule has 2 atom stereocenters. The Morgan fingerprint density at radius 1 is 1.43 bits per heavy atom. The Morgan fingerprint density at radius 3 is 2.67 bits per heavy atom. The molecule has 2 unspecified atom stereocenters. The van der Waals surface area contributed by atoms with Gasteiger partial charge in [0, 0.05) is 11.8 Å². The molecule has 116 valence electrons. The van der Waals surface area contributed by atoms with Crippen LogP contribution >= 0.6 is 11.6 Å². The summed E-state index contributed by atoms with van der Waals surface area (Å²) >= 11 is 5.83. The Bertz CT molecular complexity index is 521. The summed E-state index contributed by atoms with van der Waals surface area (Å²) in [7, 11) is 1.20. The second-order valence-electron chi connectivity index (χ2n) is 4.12. The number of hydrogen-bond donors (Lipinski definition) is 2. The molecule has 1 heterocycles. The molecule has 1 aromatic heterocycles. The number of carbonyl (C=O) groups is 2. The van der Waals surface area contributed by atoms with Crippen molar-refractivity contribution in [2.24, 2.45) is 0 Å². The van der Waals surface area contributed by atoms with E-state index >= 15 is 0 Å². The van der Waals surface area contributed by atoms with E-state index in [1.165, 1.54) is 19.4 Å². The Labute approximate surface area is 126 Å². The van der Waals surface area contributed by atoms with Crippen LogP contribution in [0, 0.1) is 0 Å². The van der Waals surface area contributed by atoms with Gasteiger partial charge in [-0.25, -0.2) is 9.78 Å². The molecule has 0 radical (unpaired) electrons. The van der Waals surface area contributed by atoms with Gasteiger partial charge < -0.3 is 19.7 Å². The summed E-state index contributed by atoms with van der Waals surface area (Å²) in [4.78, 5) is 26.4. The van der Waals surface area contributed by atoms with Gasteiger partial charge in [0.25, 0.3) is 0 Å². The summed E-state index contributed by atoms with van der Waals surface area (Å²) in [6.07, 6.45) is -2.15. The van der Waals surface area contributed by atoms with Crippen LogP contribution < -0.4 is 0 Å². The van der Waals surface area contributed by atoms with Crippen LogP contribution in [0.5, 0.6) is 0 Å². The molecule has 7 nitrogen and oxygen atoms in total. The molecule has 0 bridgehead atoms. The third-order valence-corrected chi connectivity index (χ3v) is 2.97. The molecule has 1 aromatic rings. The van der Waals surface area contributed by atoms with Crippen LogP contribution in [0.3, 0.4) is 0 Å². The molecule has 0 aliphatic rings. The van der Waals surface area contributed by atoms with Crippen molar-refractivity contribution in [3.05, 3.63) is 28.5 Å². The number of hydrogen-bond acceptors (Lipinski definition) is 7. The number of esters is 2. The Morgan fingerprint density at radius 2 is 2.10 bits per heavy atom. The lowest BCUT2D eigenvalue weighted by Crippen LogP contribution is -2.24. The largest absolute Gasteiger partial charge is 0.466 e. The first-order valence-electron chi connectivity index (χ1n) is 6.16. The van der Waals surface area contributed by atoms with Gasteiger partial charge in [0.1, 0.15) is 11.3 Å². The second kappa shape index (κ2) is 7.92. The summed E-state index contributed by atoms with van der Waals surface area (Å²) in [6.45, 7) is 1.79. The Hall–Kier alpha value is -1.70. The quantitative estimate of drug-likeness (QED) is 0.592. The number of methoxy groups -OCH3 is 1. The lowest BCUT2D eigenvalue weighted by atomic mass is 10.0. The van der Waals surface area contributed by atoms with Crippen LogP contribution in [-0.4, -0.2) is 47.0 Å². The number of nitrogens with zero attached hydrogens (tertiary/aromatic N) is 1. The molecule has 2 N–H and O–H groups in total. The first kappa shape index (κ1) is 17.4. The van der Waals surface area contributed by atoms with Gasteiger partial charge in [-0.3, -0.25) is 4.79 Å². The zero-order valence-corrected chi connectivity index (χ0v) is 12.3. The summed E-state index contributed by atoms with van der Waals surface area (Å²) < 4.78 is 9.20. The number of carbonyl (C=O) groups excluding carboxylic acids is 2. The van der Waals surface area contributed by atoms with Crippen molar-refractivity contribution in [1.82, 2.24) is 4.98 Å². The summed E-state index contributed by atoms with van der Waals surface area (Å²) in [5.41, 5.74) is 0.0932.